The minimum Gasteiger partial charge on any atom is -0.469 e. The van der Waals surface area contributed by atoms with Crippen molar-refractivity contribution in [2.24, 2.45) is 5.92 Å². The van der Waals surface area contributed by atoms with Crippen LogP contribution in [-0.4, -0.2) is 54.4 Å². The highest BCUT2D eigenvalue weighted by molar-refractivity contribution is 7.80. The van der Waals surface area contributed by atoms with Crippen molar-refractivity contribution in [3.05, 3.63) is 53.3 Å². The number of hydrogen-bond donors (Lipinski definition) is 3. The second-order valence-corrected chi connectivity index (χ2v) is 9.44. The Morgan fingerprint density at radius 1 is 1.28 bits per heavy atom. The number of esters is 1. The number of hydrogen-bond acceptors (Lipinski definition) is 6. The van der Waals surface area contributed by atoms with E-state index in [0.717, 1.165) is 0 Å². The molecule has 192 valence electrons. The summed E-state index contributed by atoms with van der Waals surface area (Å²) in [5.74, 6) is -1.48. The van der Waals surface area contributed by atoms with Gasteiger partial charge in [0.2, 0.25) is 0 Å². The molecule has 1 fully saturated rings. The van der Waals surface area contributed by atoms with Gasteiger partial charge in [-0.25, -0.2) is 8.60 Å². The maximum Gasteiger partial charge on any atom is 0.309 e. The quantitative estimate of drug-likeness (QED) is 0.324. The highest BCUT2D eigenvalue weighted by Crippen LogP contribution is 2.41. The van der Waals surface area contributed by atoms with Crippen LogP contribution in [0, 0.1) is 11.7 Å². The number of carbonyl (C=O) groups is 2. The molecule has 1 aliphatic rings. The summed E-state index contributed by atoms with van der Waals surface area (Å²) in [5.41, 5.74) is 2.28. The van der Waals surface area contributed by atoms with Gasteiger partial charge in [-0.15, -0.1) is 0 Å². The van der Waals surface area contributed by atoms with Crippen molar-refractivity contribution in [3.8, 4) is 11.3 Å². The highest BCUT2D eigenvalue weighted by Gasteiger charge is 2.33. The van der Waals surface area contributed by atoms with Crippen molar-refractivity contribution in [2.75, 3.05) is 38.1 Å². The number of carbonyl (C=O) groups excluding carboxylic acids is 2. The molecule has 11 heteroatoms. The van der Waals surface area contributed by atoms with E-state index >= 15 is 0 Å². The molecule has 3 unspecified atom stereocenters. The van der Waals surface area contributed by atoms with Crippen molar-refractivity contribution in [3.63, 3.8) is 0 Å². The molecule has 2 heterocycles. The molecule has 0 spiro atoms. The lowest BCUT2D eigenvalue weighted by atomic mass is 9.84. The number of furan rings is 1. The third kappa shape index (κ3) is 4.86. The molecule has 4 rings (SSSR count). The van der Waals surface area contributed by atoms with Crippen LogP contribution in [0.15, 0.2) is 40.8 Å². The highest BCUT2D eigenvalue weighted by atomic mass is 32.2. The molecule has 1 aliphatic heterocycles. The largest absolute Gasteiger partial charge is 0.469 e. The molecule has 0 aliphatic carbocycles. The molecule has 0 radical (unpaired) electrons. The predicted molar refractivity (Wildman–Crippen MR) is 135 cm³/mol. The monoisotopic (exact) mass is 517 g/mol. The second-order valence-electron chi connectivity index (χ2n) is 8.54. The van der Waals surface area contributed by atoms with E-state index in [1.54, 1.807) is 19.1 Å². The van der Waals surface area contributed by atoms with Crippen LogP contribution in [0.25, 0.3) is 22.3 Å². The minimum absolute atomic E-state index is 0.207. The Morgan fingerprint density at radius 3 is 2.61 bits per heavy atom. The van der Waals surface area contributed by atoms with Crippen LogP contribution in [0.2, 0.25) is 0 Å². The van der Waals surface area contributed by atoms with E-state index in [9.17, 15) is 22.7 Å². The smallest absolute Gasteiger partial charge is 0.309 e. The average molecular weight is 518 g/mol. The molecule has 0 saturated carbocycles. The van der Waals surface area contributed by atoms with Gasteiger partial charge in [-0.05, 0) is 55.2 Å². The molecule has 2 aromatic carbocycles. The Bertz CT molecular complexity index is 1310. The molecule has 3 aromatic rings. The Hall–Kier alpha value is -3.28. The number of anilines is 1. The normalized spacial score (nSPS) is 18.6. The van der Waals surface area contributed by atoms with Gasteiger partial charge in [-0.1, -0.05) is 0 Å². The minimum atomic E-state index is -2.32. The summed E-state index contributed by atoms with van der Waals surface area (Å²) < 4.78 is 48.1. The number of fused-ring (bicyclic) bond motifs is 1. The van der Waals surface area contributed by atoms with Gasteiger partial charge < -0.3 is 19.8 Å². The Kier molecular flexibility index (Phi) is 7.72. The Labute approximate surface area is 210 Å². The number of halogens is 1. The van der Waals surface area contributed by atoms with E-state index in [1.165, 1.54) is 42.7 Å². The lowest BCUT2D eigenvalue weighted by Crippen LogP contribution is -2.39. The maximum atomic E-state index is 13.6. The van der Waals surface area contributed by atoms with Gasteiger partial charge in [-0.3, -0.25) is 18.4 Å². The number of piperidine rings is 1. The fourth-order valence-electron chi connectivity index (χ4n) is 4.74. The summed E-state index contributed by atoms with van der Waals surface area (Å²) in [5, 5.41) is 6.39. The van der Waals surface area contributed by atoms with E-state index in [1.807, 2.05) is 0 Å². The molecule has 1 saturated heterocycles. The first kappa shape index (κ1) is 25.8. The third-order valence-corrected chi connectivity index (χ3v) is 7.30. The zero-order valence-corrected chi connectivity index (χ0v) is 21.0. The van der Waals surface area contributed by atoms with Crippen LogP contribution in [0.1, 0.15) is 35.2 Å². The van der Waals surface area contributed by atoms with Crippen molar-refractivity contribution < 1.29 is 31.9 Å². The molecular weight excluding hydrogens is 489 g/mol. The van der Waals surface area contributed by atoms with Crippen LogP contribution < -0.4 is 14.9 Å². The van der Waals surface area contributed by atoms with E-state index in [2.05, 4.69) is 10.6 Å². The fourth-order valence-corrected chi connectivity index (χ4v) is 5.28. The summed E-state index contributed by atoms with van der Waals surface area (Å²) in [6.07, 6.45) is 0.464. The van der Waals surface area contributed by atoms with E-state index in [-0.39, 0.29) is 41.6 Å². The van der Waals surface area contributed by atoms with Crippen LogP contribution in [0.4, 0.5) is 10.1 Å². The van der Waals surface area contributed by atoms with Gasteiger partial charge in [0.05, 0.1) is 24.3 Å². The molecular formula is C25H28FN3O6S. The zero-order valence-electron chi connectivity index (χ0n) is 20.2. The maximum absolute atomic E-state index is 13.6. The number of methoxy groups -OCH3 is 1. The van der Waals surface area contributed by atoms with Crippen LogP contribution in [-0.2, 0) is 20.8 Å². The second kappa shape index (κ2) is 10.8. The Morgan fingerprint density at radius 2 is 2.00 bits per heavy atom. The Balaban J connectivity index is 1.95. The lowest BCUT2D eigenvalue weighted by Gasteiger charge is -2.31. The van der Waals surface area contributed by atoms with Crippen molar-refractivity contribution in [2.45, 2.75) is 19.3 Å². The topological polar surface area (TPSA) is 121 Å². The molecule has 1 aromatic heterocycles. The van der Waals surface area contributed by atoms with Crippen LogP contribution >= 0.6 is 0 Å². The molecule has 9 nitrogen and oxygen atoms in total. The molecule has 0 bridgehead atoms. The van der Waals surface area contributed by atoms with Crippen molar-refractivity contribution in [1.82, 2.24) is 10.6 Å². The first-order valence-corrected chi connectivity index (χ1v) is 12.6. The number of rotatable bonds is 7. The van der Waals surface area contributed by atoms with E-state index in [0.29, 0.717) is 47.3 Å². The number of benzene rings is 2. The summed E-state index contributed by atoms with van der Waals surface area (Å²) >= 11 is -2.32. The molecule has 1 amide bonds. The molecule has 3 N–H and O–H groups in total. The predicted octanol–water partition coefficient (Wildman–Crippen LogP) is 3.43. The van der Waals surface area contributed by atoms with Gasteiger partial charge in [0, 0.05) is 43.7 Å². The van der Waals surface area contributed by atoms with Crippen LogP contribution in [0.5, 0.6) is 0 Å². The number of nitrogens with one attached hydrogen (secondary N) is 2. The van der Waals surface area contributed by atoms with Crippen molar-refractivity contribution in [1.29, 1.82) is 0 Å². The standard InChI is InChI=1S/C25H28FN3O6S/c1-4-29(36(32)33)20-11-21-19(10-18(20)15-9-16(13-28-12-15)25(31)34-3)22(24(30)27-2)23(35-21)14-5-7-17(26)8-6-14/h5-8,10-11,15-16,28H,4,9,12-13H2,1-3H3,(H,27,30)(H,32,33). The molecule has 36 heavy (non-hydrogen) atoms. The fraction of sp³-hybridized carbons (Fsp3) is 0.360. The lowest BCUT2D eigenvalue weighted by molar-refractivity contribution is -0.146. The summed E-state index contributed by atoms with van der Waals surface area (Å²) in [7, 11) is 2.85. The van der Waals surface area contributed by atoms with Crippen LogP contribution in [0.3, 0.4) is 0 Å². The van der Waals surface area contributed by atoms with Gasteiger partial charge in [0.15, 0.2) is 0 Å². The van der Waals surface area contributed by atoms with Gasteiger partial charge in [0.1, 0.15) is 17.2 Å². The summed E-state index contributed by atoms with van der Waals surface area (Å²) in [4.78, 5) is 25.2. The third-order valence-electron chi connectivity index (χ3n) is 6.47. The van der Waals surface area contributed by atoms with E-state index < -0.39 is 17.1 Å². The first-order valence-electron chi connectivity index (χ1n) is 11.5. The molecule has 3 atom stereocenters. The summed E-state index contributed by atoms with van der Waals surface area (Å²) in [6, 6.07) is 9.03. The van der Waals surface area contributed by atoms with Gasteiger partial charge in [-0.2, -0.15) is 0 Å². The average Bonchev–Trinajstić information content (AvgIpc) is 3.26. The summed E-state index contributed by atoms with van der Waals surface area (Å²) in [6.45, 7) is 2.98. The van der Waals surface area contributed by atoms with Crippen molar-refractivity contribution >= 4 is 39.8 Å². The number of nitrogens with zero attached hydrogens (tertiary/aromatic N) is 1. The zero-order chi connectivity index (χ0) is 26.0. The van der Waals surface area contributed by atoms with Gasteiger partial charge >= 0.3 is 5.97 Å². The number of ether oxygens (including phenoxy) is 1. The van der Waals surface area contributed by atoms with Gasteiger partial charge in [0.25, 0.3) is 17.2 Å². The number of amides is 1. The van der Waals surface area contributed by atoms with E-state index in [4.69, 9.17) is 9.15 Å². The SMILES string of the molecule is CCN(c1cc2oc(-c3ccc(F)cc3)c(C(=O)NC)c2cc1C1CNCC(C(=O)OC)C1)S(=O)O. The first-order chi connectivity index (χ1) is 17.3.